The van der Waals surface area contributed by atoms with Crippen molar-refractivity contribution in [2.75, 3.05) is 6.54 Å². The molecule has 1 unspecified atom stereocenters. The van der Waals surface area contributed by atoms with Gasteiger partial charge in [0.25, 0.3) is 0 Å². The van der Waals surface area contributed by atoms with Gasteiger partial charge in [0.15, 0.2) is 0 Å². The molecule has 2 aromatic rings. The number of hydrogen-bond donors (Lipinski definition) is 1. The van der Waals surface area contributed by atoms with Crippen LogP contribution < -0.4 is 5.32 Å². The lowest BCUT2D eigenvalue weighted by Gasteiger charge is -2.33. The van der Waals surface area contributed by atoms with Crippen molar-refractivity contribution >= 4 is 11.8 Å². The first kappa shape index (κ1) is 21.7. The Balaban J connectivity index is 2.36. The van der Waals surface area contributed by atoms with Crippen LogP contribution in [-0.4, -0.2) is 23.3 Å². The molecular formula is C24H32N2O2. The Labute approximate surface area is 169 Å². The first-order chi connectivity index (χ1) is 13.4. The lowest BCUT2D eigenvalue weighted by atomic mass is 10.0. The standard InChI is InChI=1S/C24H32N2O2/c1-18(2)15-16-25-23(27)22(21-13-9-6-10-14-21)26(24(28)19(3)4)17-20-11-7-5-8-12-20/h5-14,18-19,22H,15-17H2,1-4H3,(H,25,27). The van der Waals surface area contributed by atoms with Gasteiger partial charge in [-0.2, -0.15) is 0 Å². The number of nitrogens with one attached hydrogen (secondary N) is 1. The van der Waals surface area contributed by atoms with Crippen LogP contribution in [0.1, 0.15) is 51.3 Å². The van der Waals surface area contributed by atoms with E-state index >= 15 is 0 Å². The van der Waals surface area contributed by atoms with E-state index in [1.165, 1.54) is 0 Å². The van der Waals surface area contributed by atoms with Crippen LogP contribution in [0.2, 0.25) is 0 Å². The zero-order chi connectivity index (χ0) is 20.5. The number of amides is 2. The highest BCUT2D eigenvalue weighted by Gasteiger charge is 2.32. The summed E-state index contributed by atoms with van der Waals surface area (Å²) in [6.07, 6.45) is 0.907. The summed E-state index contributed by atoms with van der Waals surface area (Å²) in [4.78, 5) is 28.0. The van der Waals surface area contributed by atoms with Gasteiger partial charge in [0.05, 0.1) is 0 Å². The maximum absolute atomic E-state index is 13.2. The van der Waals surface area contributed by atoms with Crippen LogP contribution >= 0.6 is 0 Å². The second kappa shape index (κ2) is 10.6. The summed E-state index contributed by atoms with van der Waals surface area (Å²) in [7, 11) is 0. The fraction of sp³-hybridized carbons (Fsp3) is 0.417. The lowest BCUT2D eigenvalue weighted by molar-refractivity contribution is -0.144. The number of carbonyl (C=O) groups excluding carboxylic acids is 2. The highest BCUT2D eigenvalue weighted by Crippen LogP contribution is 2.25. The van der Waals surface area contributed by atoms with Crippen LogP contribution in [0.5, 0.6) is 0 Å². The molecule has 4 heteroatoms. The zero-order valence-electron chi connectivity index (χ0n) is 17.4. The summed E-state index contributed by atoms with van der Waals surface area (Å²) in [5, 5.41) is 3.04. The Morgan fingerprint density at radius 2 is 1.46 bits per heavy atom. The van der Waals surface area contributed by atoms with Crippen molar-refractivity contribution in [3.8, 4) is 0 Å². The topological polar surface area (TPSA) is 49.4 Å². The molecule has 0 radical (unpaired) electrons. The van der Waals surface area contributed by atoms with Crippen molar-refractivity contribution in [2.24, 2.45) is 11.8 Å². The molecule has 0 heterocycles. The van der Waals surface area contributed by atoms with Gasteiger partial charge in [-0.15, -0.1) is 0 Å². The molecule has 0 aliphatic carbocycles. The van der Waals surface area contributed by atoms with Crippen LogP contribution in [0.15, 0.2) is 60.7 Å². The third kappa shape index (κ3) is 6.22. The average Bonchev–Trinajstić information content (AvgIpc) is 2.68. The Hall–Kier alpha value is -2.62. The van der Waals surface area contributed by atoms with Crippen molar-refractivity contribution in [1.29, 1.82) is 0 Å². The Morgan fingerprint density at radius 3 is 2.00 bits per heavy atom. The Kier molecular flexibility index (Phi) is 8.24. The second-order valence-corrected chi connectivity index (χ2v) is 7.89. The molecule has 1 atom stereocenters. The van der Waals surface area contributed by atoms with Crippen LogP contribution in [0, 0.1) is 11.8 Å². The van der Waals surface area contributed by atoms with Crippen molar-refractivity contribution in [1.82, 2.24) is 10.2 Å². The number of carbonyl (C=O) groups is 2. The van der Waals surface area contributed by atoms with E-state index in [0.29, 0.717) is 19.0 Å². The summed E-state index contributed by atoms with van der Waals surface area (Å²) in [5.74, 6) is 0.153. The smallest absolute Gasteiger partial charge is 0.247 e. The van der Waals surface area contributed by atoms with Gasteiger partial charge in [0.2, 0.25) is 11.8 Å². The molecule has 0 aliphatic rings. The van der Waals surface area contributed by atoms with Crippen molar-refractivity contribution < 1.29 is 9.59 Å². The summed E-state index contributed by atoms with van der Waals surface area (Å²) in [6.45, 7) is 9.01. The summed E-state index contributed by atoms with van der Waals surface area (Å²) in [6, 6.07) is 18.7. The summed E-state index contributed by atoms with van der Waals surface area (Å²) >= 11 is 0. The predicted molar refractivity (Wildman–Crippen MR) is 113 cm³/mol. The molecule has 0 fully saturated rings. The largest absolute Gasteiger partial charge is 0.354 e. The average molecular weight is 381 g/mol. The monoisotopic (exact) mass is 380 g/mol. The minimum atomic E-state index is -0.650. The van der Waals surface area contributed by atoms with Gasteiger partial charge in [0.1, 0.15) is 6.04 Å². The molecule has 28 heavy (non-hydrogen) atoms. The summed E-state index contributed by atoms with van der Waals surface area (Å²) < 4.78 is 0. The van der Waals surface area contributed by atoms with Gasteiger partial charge in [-0.3, -0.25) is 9.59 Å². The third-order valence-electron chi connectivity index (χ3n) is 4.67. The SMILES string of the molecule is CC(C)CCNC(=O)C(c1ccccc1)N(Cc1ccccc1)C(=O)C(C)C. The third-order valence-corrected chi connectivity index (χ3v) is 4.67. The minimum absolute atomic E-state index is 0.0308. The van der Waals surface area contributed by atoms with E-state index in [1.54, 1.807) is 4.90 Å². The normalized spacial score (nSPS) is 12.1. The fourth-order valence-corrected chi connectivity index (χ4v) is 3.10. The van der Waals surface area contributed by atoms with E-state index in [0.717, 1.165) is 17.5 Å². The first-order valence-corrected chi connectivity index (χ1v) is 10.1. The maximum atomic E-state index is 13.2. The molecule has 2 rings (SSSR count). The van der Waals surface area contributed by atoms with Crippen molar-refractivity contribution in [2.45, 2.75) is 46.7 Å². The predicted octanol–water partition coefficient (Wildman–Crippen LogP) is 4.57. The van der Waals surface area contributed by atoms with Gasteiger partial charge in [-0.1, -0.05) is 88.4 Å². The minimum Gasteiger partial charge on any atom is -0.354 e. The number of rotatable bonds is 9. The van der Waals surface area contributed by atoms with Crippen LogP contribution in [0.3, 0.4) is 0 Å². The van der Waals surface area contributed by atoms with E-state index < -0.39 is 6.04 Å². The fourth-order valence-electron chi connectivity index (χ4n) is 3.10. The molecule has 0 saturated carbocycles. The number of hydrogen-bond acceptors (Lipinski definition) is 2. The van der Waals surface area contributed by atoms with E-state index in [2.05, 4.69) is 19.2 Å². The van der Waals surface area contributed by atoms with E-state index in [1.807, 2.05) is 74.5 Å². The summed E-state index contributed by atoms with van der Waals surface area (Å²) in [5.41, 5.74) is 1.84. The Bertz CT molecular complexity index is 742. The maximum Gasteiger partial charge on any atom is 0.247 e. The van der Waals surface area contributed by atoms with Crippen molar-refractivity contribution in [3.63, 3.8) is 0 Å². The van der Waals surface area contributed by atoms with Gasteiger partial charge in [-0.25, -0.2) is 0 Å². The lowest BCUT2D eigenvalue weighted by Crippen LogP contribution is -2.45. The molecule has 0 spiro atoms. The van der Waals surface area contributed by atoms with Crippen LogP contribution in [-0.2, 0) is 16.1 Å². The first-order valence-electron chi connectivity index (χ1n) is 10.1. The highest BCUT2D eigenvalue weighted by atomic mass is 16.2. The molecule has 0 aliphatic heterocycles. The molecule has 2 aromatic carbocycles. The molecule has 2 amide bonds. The molecular weight excluding hydrogens is 348 g/mol. The number of benzene rings is 2. The zero-order valence-corrected chi connectivity index (χ0v) is 17.4. The quantitative estimate of drug-likeness (QED) is 0.692. The van der Waals surface area contributed by atoms with Crippen LogP contribution in [0.25, 0.3) is 0 Å². The molecule has 150 valence electrons. The Morgan fingerprint density at radius 1 is 0.893 bits per heavy atom. The highest BCUT2D eigenvalue weighted by molar-refractivity contribution is 5.89. The van der Waals surface area contributed by atoms with Crippen LogP contribution in [0.4, 0.5) is 0 Å². The molecule has 0 bridgehead atoms. The number of nitrogens with zero attached hydrogens (tertiary/aromatic N) is 1. The van der Waals surface area contributed by atoms with Gasteiger partial charge in [-0.05, 0) is 23.5 Å². The van der Waals surface area contributed by atoms with E-state index in [-0.39, 0.29) is 17.7 Å². The van der Waals surface area contributed by atoms with Gasteiger partial charge < -0.3 is 10.2 Å². The molecule has 0 aromatic heterocycles. The molecule has 1 N–H and O–H groups in total. The molecule has 4 nitrogen and oxygen atoms in total. The van der Waals surface area contributed by atoms with Gasteiger partial charge >= 0.3 is 0 Å². The van der Waals surface area contributed by atoms with Gasteiger partial charge in [0, 0.05) is 19.0 Å². The van der Waals surface area contributed by atoms with E-state index in [9.17, 15) is 9.59 Å². The van der Waals surface area contributed by atoms with Crippen molar-refractivity contribution in [3.05, 3.63) is 71.8 Å². The van der Waals surface area contributed by atoms with E-state index in [4.69, 9.17) is 0 Å². The molecule has 0 saturated heterocycles. The second-order valence-electron chi connectivity index (χ2n) is 7.89.